The molecule has 66 valence electrons. The Bertz CT molecular complexity index is 269. The maximum atomic E-state index is 6.06. The van der Waals surface area contributed by atoms with Crippen LogP contribution in [0.5, 0.6) is 0 Å². The lowest BCUT2D eigenvalue weighted by molar-refractivity contribution is 0.867. The van der Waals surface area contributed by atoms with Gasteiger partial charge in [-0.1, -0.05) is 31.5 Å². The molecule has 0 radical (unpaired) electrons. The van der Waals surface area contributed by atoms with Crippen molar-refractivity contribution in [3.05, 3.63) is 28.8 Å². The molecule has 0 aromatic heterocycles. The first-order chi connectivity index (χ1) is 5.65. The van der Waals surface area contributed by atoms with Gasteiger partial charge >= 0.3 is 0 Å². The molecule has 1 N–H and O–H groups in total. The first kappa shape index (κ1) is 9.40. The lowest BCUT2D eigenvalue weighted by Gasteiger charge is -2.09. The van der Waals surface area contributed by atoms with Gasteiger partial charge in [0, 0.05) is 17.8 Å². The van der Waals surface area contributed by atoms with Gasteiger partial charge in [0.25, 0.3) is 0 Å². The molecule has 0 unspecified atom stereocenters. The average molecular weight is 184 g/mol. The van der Waals surface area contributed by atoms with Crippen LogP contribution in [0.3, 0.4) is 0 Å². The summed E-state index contributed by atoms with van der Waals surface area (Å²) in [5, 5.41) is 3.89. The van der Waals surface area contributed by atoms with Crippen LogP contribution in [0.15, 0.2) is 18.2 Å². The normalized spacial score (nSPS) is 10.4. The van der Waals surface area contributed by atoms with E-state index in [-0.39, 0.29) is 0 Å². The fourth-order valence-corrected chi connectivity index (χ4v) is 1.55. The maximum Gasteiger partial charge on any atom is 0.0461 e. The van der Waals surface area contributed by atoms with Crippen molar-refractivity contribution >= 4 is 17.3 Å². The van der Waals surface area contributed by atoms with E-state index in [1.807, 2.05) is 19.2 Å². The second-order valence-electron chi connectivity index (χ2n) is 3.14. The summed E-state index contributed by atoms with van der Waals surface area (Å²) in [5.41, 5.74) is 2.26. The molecule has 0 aliphatic rings. The maximum absolute atomic E-state index is 6.06. The molecule has 0 heterocycles. The predicted molar refractivity (Wildman–Crippen MR) is 55.1 cm³/mol. The number of benzene rings is 1. The summed E-state index contributed by atoms with van der Waals surface area (Å²) >= 11 is 6.06. The molecule has 2 heteroatoms. The molecule has 0 aliphatic heterocycles. The Labute approximate surface area is 78.7 Å². The minimum Gasteiger partial charge on any atom is -0.388 e. The molecule has 0 saturated carbocycles. The van der Waals surface area contributed by atoms with Gasteiger partial charge in [0.15, 0.2) is 0 Å². The van der Waals surface area contributed by atoms with Crippen molar-refractivity contribution in [1.29, 1.82) is 0 Å². The van der Waals surface area contributed by atoms with Crippen LogP contribution in [-0.2, 0) is 0 Å². The van der Waals surface area contributed by atoms with E-state index in [2.05, 4.69) is 25.2 Å². The summed E-state index contributed by atoms with van der Waals surface area (Å²) < 4.78 is 0. The van der Waals surface area contributed by atoms with Crippen LogP contribution < -0.4 is 5.32 Å². The zero-order valence-electron chi connectivity index (χ0n) is 7.69. The van der Waals surface area contributed by atoms with Gasteiger partial charge in [-0.15, -0.1) is 0 Å². The van der Waals surface area contributed by atoms with Gasteiger partial charge in [-0.3, -0.25) is 0 Å². The van der Waals surface area contributed by atoms with Crippen molar-refractivity contribution in [1.82, 2.24) is 0 Å². The van der Waals surface area contributed by atoms with Crippen LogP contribution in [0.25, 0.3) is 0 Å². The molecule has 0 spiro atoms. The lowest BCUT2D eigenvalue weighted by Crippen LogP contribution is -1.92. The van der Waals surface area contributed by atoms with Crippen LogP contribution in [0.4, 0.5) is 5.69 Å². The van der Waals surface area contributed by atoms with Gasteiger partial charge in [-0.25, -0.2) is 0 Å². The lowest BCUT2D eigenvalue weighted by atomic mass is 10.0. The number of nitrogens with one attached hydrogen (secondary N) is 1. The van der Waals surface area contributed by atoms with E-state index in [0.717, 1.165) is 10.7 Å². The van der Waals surface area contributed by atoms with Crippen LogP contribution >= 0.6 is 11.6 Å². The highest BCUT2D eigenvalue weighted by molar-refractivity contribution is 6.31. The number of hydrogen-bond acceptors (Lipinski definition) is 1. The van der Waals surface area contributed by atoms with Crippen LogP contribution in [-0.4, -0.2) is 7.05 Å². The molecule has 1 rings (SSSR count). The number of rotatable bonds is 2. The van der Waals surface area contributed by atoms with Gasteiger partial charge in [0.1, 0.15) is 0 Å². The predicted octanol–water partition coefficient (Wildman–Crippen LogP) is 3.51. The van der Waals surface area contributed by atoms with Crippen LogP contribution in [0.1, 0.15) is 25.3 Å². The molecule has 0 bridgehead atoms. The summed E-state index contributed by atoms with van der Waals surface area (Å²) in [7, 11) is 1.89. The second kappa shape index (κ2) is 3.81. The van der Waals surface area contributed by atoms with Crippen molar-refractivity contribution in [2.45, 2.75) is 19.8 Å². The summed E-state index contributed by atoms with van der Waals surface area (Å²) in [4.78, 5) is 0. The monoisotopic (exact) mass is 183 g/mol. The number of anilines is 1. The van der Waals surface area contributed by atoms with E-state index < -0.39 is 0 Å². The van der Waals surface area contributed by atoms with E-state index >= 15 is 0 Å². The van der Waals surface area contributed by atoms with Gasteiger partial charge in [-0.05, 0) is 23.6 Å². The van der Waals surface area contributed by atoms with Gasteiger partial charge < -0.3 is 5.32 Å². The van der Waals surface area contributed by atoms with Crippen molar-refractivity contribution in [2.24, 2.45) is 0 Å². The topological polar surface area (TPSA) is 12.0 Å². The molecule has 0 atom stereocenters. The summed E-state index contributed by atoms with van der Waals surface area (Å²) in [6.45, 7) is 4.28. The quantitative estimate of drug-likeness (QED) is 0.740. The van der Waals surface area contributed by atoms with Crippen LogP contribution in [0, 0.1) is 0 Å². The first-order valence-corrected chi connectivity index (χ1v) is 4.50. The highest BCUT2D eigenvalue weighted by Crippen LogP contribution is 2.26. The SMILES string of the molecule is CNc1ccc(C(C)C)c(Cl)c1. The van der Waals surface area contributed by atoms with E-state index in [1.165, 1.54) is 5.56 Å². The molecule has 0 amide bonds. The Morgan fingerprint density at radius 1 is 1.33 bits per heavy atom. The Hall–Kier alpha value is -0.690. The van der Waals surface area contributed by atoms with Crippen molar-refractivity contribution in [3.63, 3.8) is 0 Å². The molecular formula is C10H14ClN. The molecule has 0 saturated heterocycles. The van der Waals surface area contributed by atoms with E-state index in [9.17, 15) is 0 Å². The van der Waals surface area contributed by atoms with Gasteiger partial charge in [0.05, 0.1) is 0 Å². The Morgan fingerprint density at radius 2 is 2.00 bits per heavy atom. The average Bonchev–Trinajstić information content (AvgIpc) is 2.03. The Balaban J connectivity index is 3.03. The first-order valence-electron chi connectivity index (χ1n) is 4.12. The Kier molecular flexibility index (Phi) is 2.99. The minimum absolute atomic E-state index is 0.489. The standard InChI is InChI=1S/C10H14ClN/c1-7(2)9-5-4-8(12-3)6-10(9)11/h4-7,12H,1-3H3. The largest absolute Gasteiger partial charge is 0.388 e. The fourth-order valence-electron chi connectivity index (χ4n) is 1.15. The third-order valence-corrected chi connectivity index (χ3v) is 2.24. The molecular weight excluding hydrogens is 170 g/mol. The summed E-state index contributed by atoms with van der Waals surface area (Å²) in [6, 6.07) is 6.07. The van der Waals surface area contributed by atoms with E-state index in [0.29, 0.717) is 5.92 Å². The number of halogens is 1. The van der Waals surface area contributed by atoms with E-state index in [4.69, 9.17) is 11.6 Å². The van der Waals surface area contributed by atoms with E-state index in [1.54, 1.807) is 0 Å². The smallest absolute Gasteiger partial charge is 0.0461 e. The summed E-state index contributed by atoms with van der Waals surface area (Å²) in [6.07, 6.45) is 0. The molecule has 12 heavy (non-hydrogen) atoms. The molecule has 1 nitrogen and oxygen atoms in total. The van der Waals surface area contributed by atoms with Crippen molar-refractivity contribution < 1.29 is 0 Å². The molecule has 1 aromatic rings. The molecule has 0 aliphatic carbocycles. The molecule has 1 aromatic carbocycles. The highest BCUT2D eigenvalue weighted by Gasteiger charge is 2.04. The molecule has 0 fully saturated rings. The highest BCUT2D eigenvalue weighted by atomic mass is 35.5. The third kappa shape index (κ3) is 1.92. The Morgan fingerprint density at radius 3 is 2.42 bits per heavy atom. The fraction of sp³-hybridized carbons (Fsp3) is 0.400. The zero-order valence-corrected chi connectivity index (χ0v) is 8.44. The summed E-state index contributed by atoms with van der Waals surface area (Å²) in [5.74, 6) is 0.489. The van der Waals surface area contributed by atoms with Gasteiger partial charge in [-0.2, -0.15) is 0 Å². The minimum atomic E-state index is 0.489. The van der Waals surface area contributed by atoms with Crippen LogP contribution in [0.2, 0.25) is 5.02 Å². The van der Waals surface area contributed by atoms with Crippen molar-refractivity contribution in [2.75, 3.05) is 12.4 Å². The second-order valence-corrected chi connectivity index (χ2v) is 3.55. The van der Waals surface area contributed by atoms with Crippen molar-refractivity contribution in [3.8, 4) is 0 Å². The van der Waals surface area contributed by atoms with Gasteiger partial charge in [0.2, 0.25) is 0 Å². The number of hydrogen-bond donors (Lipinski definition) is 1. The zero-order chi connectivity index (χ0) is 9.14. The third-order valence-electron chi connectivity index (χ3n) is 1.91.